The maximum atomic E-state index is 13.2. The molecule has 0 heterocycles. The van der Waals surface area contributed by atoms with Crippen molar-refractivity contribution in [3.05, 3.63) is 90.2 Å². The topological polar surface area (TPSA) is 80.8 Å². The van der Waals surface area contributed by atoms with E-state index in [1.165, 1.54) is 16.4 Å². The number of nitrogens with zero attached hydrogens (tertiary/aromatic N) is 1. The van der Waals surface area contributed by atoms with Crippen molar-refractivity contribution in [2.24, 2.45) is 0 Å². The third kappa shape index (κ3) is 5.53. The summed E-state index contributed by atoms with van der Waals surface area (Å²) in [5, 5.41) is 0. The van der Waals surface area contributed by atoms with Crippen LogP contribution in [0.5, 0.6) is 5.75 Å². The minimum absolute atomic E-state index is 0.0686. The van der Waals surface area contributed by atoms with Crippen LogP contribution in [0.2, 0.25) is 0 Å². The fourth-order valence-electron chi connectivity index (χ4n) is 3.02. The Morgan fingerprint density at radius 1 is 0.844 bits per heavy atom. The summed E-state index contributed by atoms with van der Waals surface area (Å²) in [6.45, 7) is 3.87. The van der Waals surface area contributed by atoms with Crippen molar-refractivity contribution in [1.82, 2.24) is 4.31 Å². The second-order valence-electron chi connectivity index (χ2n) is 7.26. The van der Waals surface area contributed by atoms with Gasteiger partial charge in [0.2, 0.25) is 10.0 Å². The van der Waals surface area contributed by atoms with Crippen molar-refractivity contribution in [3.63, 3.8) is 0 Å². The van der Waals surface area contributed by atoms with Crippen molar-refractivity contribution < 1.29 is 25.4 Å². The molecule has 0 aromatic heterocycles. The number of benzene rings is 3. The molecular weight excluding hydrogens is 453 g/mol. The zero-order valence-electron chi connectivity index (χ0n) is 17.7. The Bertz CT molecular complexity index is 1240. The molecule has 1 unspecified atom stereocenters. The predicted molar refractivity (Wildman–Crippen MR) is 120 cm³/mol. The highest BCUT2D eigenvalue weighted by molar-refractivity contribution is 7.89. The zero-order chi connectivity index (χ0) is 23.4. The van der Waals surface area contributed by atoms with Gasteiger partial charge in [-0.1, -0.05) is 37.3 Å². The summed E-state index contributed by atoms with van der Waals surface area (Å²) in [5.41, 5.74) is 0.677. The summed E-state index contributed by atoms with van der Waals surface area (Å²) >= 11 is 0. The largest absolute Gasteiger partial charge is 0.379 e. The van der Waals surface area contributed by atoms with E-state index in [4.69, 9.17) is 4.18 Å². The molecule has 0 bridgehead atoms. The Hall–Kier alpha value is -2.75. The molecular formula is C23H24FNO5S2. The van der Waals surface area contributed by atoms with Crippen molar-refractivity contribution in [3.8, 4) is 5.75 Å². The van der Waals surface area contributed by atoms with Crippen LogP contribution in [0.1, 0.15) is 25.8 Å². The van der Waals surface area contributed by atoms with E-state index in [-0.39, 0.29) is 28.1 Å². The van der Waals surface area contributed by atoms with Gasteiger partial charge in [0.1, 0.15) is 16.5 Å². The maximum absolute atomic E-state index is 13.2. The molecule has 0 amide bonds. The Labute approximate surface area is 188 Å². The van der Waals surface area contributed by atoms with Crippen LogP contribution in [0.25, 0.3) is 0 Å². The lowest BCUT2D eigenvalue weighted by Gasteiger charge is -2.28. The molecule has 170 valence electrons. The van der Waals surface area contributed by atoms with E-state index in [0.717, 1.165) is 24.3 Å². The molecule has 3 rings (SSSR count). The highest BCUT2D eigenvalue weighted by Crippen LogP contribution is 2.24. The molecule has 0 fully saturated rings. The average Bonchev–Trinajstić information content (AvgIpc) is 2.78. The summed E-state index contributed by atoms with van der Waals surface area (Å²) in [6.07, 6.45) is 0.628. The third-order valence-electron chi connectivity index (χ3n) is 5.00. The van der Waals surface area contributed by atoms with Crippen LogP contribution < -0.4 is 4.18 Å². The second-order valence-corrected chi connectivity index (χ2v) is 10.7. The van der Waals surface area contributed by atoms with E-state index in [2.05, 4.69) is 0 Å². The van der Waals surface area contributed by atoms with Gasteiger partial charge >= 0.3 is 10.1 Å². The lowest BCUT2D eigenvalue weighted by molar-refractivity contribution is 0.323. The zero-order valence-corrected chi connectivity index (χ0v) is 19.3. The van der Waals surface area contributed by atoms with Crippen molar-refractivity contribution >= 4 is 20.1 Å². The van der Waals surface area contributed by atoms with Gasteiger partial charge in [0.15, 0.2) is 0 Å². The van der Waals surface area contributed by atoms with Crippen LogP contribution in [0.15, 0.2) is 88.7 Å². The molecule has 0 radical (unpaired) electrons. The Morgan fingerprint density at radius 2 is 1.44 bits per heavy atom. The van der Waals surface area contributed by atoms with Gasteiger partial charge in [-0.25, -0.2) is 12.8 Å². The van der Waals surface area contributed by atoms with Crippen molar-refractivity contribution in [1.29, 1.82) is 0 Å². The van der Waals surface area contributed by atoms with Crippen LogP contribution in [0.3, 0.4) is 0 Å². The third-order valence-corrected chi connectivity index (χ3v) is 8.24. The normalized spacial score (nSPS) is 13.1. The summed E-state index contributed by atoms with van der Waals surface area (Å²) < 4.78 is 70.6. The van der Waals surface area contributed by atoms with Gasteiger partial charge in [-0.3, -0.25) is 0 Å². The van der Waals surface area contributed by atoms with Crippen molar-refractivity contribution in [2.45, 2.75) is 42.6 Å². The standard InChI is InChI=1S/C23H24FNO5S2/c1-3-18(2)25(31(26,27)22-7-5-4-6-8-22)17-19-9-13-21(14-10-19)30-32(28,29)23-15-11-20(24)12-16-23/h4-16,18H,3,17H2,1-2H3. The first kappa shape index (κ1) is 23.9. The van der Waals surface area contributed by atoms with Gasteiger partial charge in [-0.15, -0.1) is 0 Å². The average molecular weight is 478 g/mol. The first-order chi connectivity index (χ1) is 15.1. The van der Waals surface area contributed by atoms with Crippen LogP contribution in [0.4, 0.5) is 4.39 Å². The van der Waals surface area contributed by atoms with E-state index < -0.39 is 26.0 Å². The molecule has 0 spiro atoms. The molecule has 9 heteroatoms. The van der Waals surface area contributed by atoms with E-state index in [1.807, 2.05) is 13.8 Å². The highest BCUT2D eigenvalue weighted by atomic mass is 32.2. The first-order valence-electron chi connectivity index (χ1n) is 9.99. The predicted octanol–water partition coefficient (Wildman–Crippen LogP) is 4.58. The van der Waals surface area contributed by atoms with Gasteiger partial charge in [0, 0.05) is 12.6 Å². The minimum atomic E-state index is -4.12. The molecule has 0 aliphatic rings. The van der Waals surface area contributed by atoms with Gasteiger partial charge in [-0.2, -0.15) is 12.7 Å². The van der Waals surface area contributed by atoms with Gasteiger partial charge in [0.05, 0.1) is 4.90 Å². The quantitative estimate of drug-likeness (QED) is 0.421. The van der Waals surface area contributed by atoms with E-state index in [1.54, 1.807) is 42.5 Å². The van der Waals surface area contributed by atoms with Gasteiger partial charge < -0.3 is 4.18 Å². The fourth-order valence-corrected chi connectivity index (χ4v) is 5.66. The monoisotopic (exact) mass is 477 g/mol. The summed E-state index contributed by atoms with van der Waals surface area (Å²) in [5.74, 6) is -0.483. The smallest absolute Gasteiger partial charge is 0.339 e. The molecule has 1 atom stereocenters. The first-order valence-corrected chi connectivity index (χ1v) is 12.8. The molecule has 0 aliphatic carbocycles. The summed E-state index contributed by atoms with van der Waals surface area (Å²) in [4.78, 5) is 0.0468. The van der Waals surface area contributed by atoms with Crippen LogP contribution in [-0.2, 0) is 26.7 Å². The van der Waals surface area contributed by atoms with Gasteiger partial charge in [-0.05, 0) is 67.4 Å². The molecule has 0 saturated heterocycles. The van der Waals surface area contributed by atoms with Crippen LogP contribution >= 0.6 is 0 Å². The Balaban J connectivity index is 1.80. The molecule has 3 aromatic rings. The van der Waals surface area contributed by atoms with Crippen molar-refractivity contribution in [2.75, 3.05) is 0 Å². The summed E-state index contributed by atoms with van der Waals surface area (Å²) in [7, 11) is -7.83. The number of rotatable bonds is 9. The van der Waals surface area contributed by atoms with Crippen LogP contribution in [-0.4, -0.2) is 27.2 Å². The Kier molecular flexibility index (Phi) is 7.33. The molecule has 0 N–H and O–H groups in total. The lowest BCUT2D eigenvalue weighted by atomic mass is 10.2. The molecule has 6 nitrogen and oxygen atoms in total. The molecule has 3 aromatic carbocycles. The number of hydrogen-bond acceptors (Lipinski definition) is 5. The molecule has 0 saturated carbocycles. The van der Waals surface area contributed by atoms with E-state index >= 15 is 0 Å². The van der Waals surface area contributed by atoms with E-state index in [0.29, 0.717) is 12.0 Å². The lowest BCUT2D eigenvalue weighted by Crippen LogP contribution is -2.37. The number of sulfonamides is 1. The second kappa shape index (κ2) is 9.81. The fraction of sp³-hybridized carbons (Fsp3) is 0.217. The SMILES string of the molecule is CCC(C)N(Cc1ccc(OS(=O)(=O)c2ccc(F)cc2)cc1)S(=O)(=O)c1ccccc1. The number of halogens is 1. The maximum Gasteiger partial charge on any atom is 0.339 e. The highest BCUT2D eigenvalue weighted by Gasteiger charge is 2.28. The molecule has 0 aliphatic heterocycles. The minimum Gasteiger partial charge on any atom is -0.379 e. The number of hydrogen-bond donors (Lipinski definition) is 0. The van der Waals surface area contributed by atoms with E-state index in [9.17, 15) is 21.2 Å². The summed E-state index contributed by atoms with van der Waals surface area (Å²) in [6, 6.07) is 18.5. The van der Waals surface area contributed by atoms with Crippen LogP contribution in [0, 0.1) is 5.82 Å². The Morgan fingerprint density at radius 3 is 2.00 bits per heavy atom. The molecule has 32 heavy (non-hydrogen) atoms. The van der Waals surface area contributed by atoms with Gasteiger partial charge in [0.25, 0.3) is 0 Å².